The summed E-state index contributed by atoms with van der Waals surface area (Å²) in [7, 11) is 0. The van der Waals surface area contributed by atoms with Crippen molar-refractivity contribution in [2.45, 2.75) is 58.9 Å². The van der Waals surface area contributed by atoms with E-state index in [0.29, 0.717) is 11.5 Å². The number of hydrogen-bond acceptors (Lipinski definition) is 1. The number of aryl methyl sites for hydroxylation is 1. The molecule has 1 aromatic carbocycles. The molecule has 0 aliphatic heterocycles. The molecule has 106 valence electrons. The lowest BCUT2D eigenvalue weighted by Gasteiger charge is -2.50. The van der Waals surface area contributed by atoms with Crippen LogP contribution in [0.1, 0.15) is 51.7 Å². The first-order valence-electron chi connectivity index (χ1n) is 7.73. The van der Waals surface area contributed by atoms with E-state index in [0.717, 1.165) is 18.4 Å². The van der Waals surface area contributed by atoms with Gasteiger partial charge in [0, 0.05) is 18.0 Å². The number of rotatable bonds is 5. The van der Waals surface area contributed by atoms with Crippen LogP contribution in [-0.4, -0.2) is 12.6 Å². The van der Waals surface area contributed by atoms with E-state index in [1.807, 2.05) is 0 Å². The predicted molar refractivity (Wildman–Crippen MR) is 83.6 cm³/mol. The highest BCUT2D eigenvalue weighted by atomic mass is 14.9. The first kappa shape index (κ1) is 14.6. The van der Waals surface area contributed by atoms with Gasteiger partial charge in [0.2, 0.25) is 0 Å². The van der Waals surface area contributed by atoms with Gasteiger partial charge in [-0.1, -0.05) is 57.5 Å². The van der Waals surface area contributed by atoms with Crippen LogP contribution in [-0.2, 0) is 5.41 Å². The van der Waals surface area contributed by atoms with Crippen molar-refractivity contribution in [3.63, 3.8) is 0 Å². The molecule has 1 aliphatic rings. The van der Waals surface area contributed by atoms with Crippen molar-refractivity contribution >= 4 is 0 Å². The molecule has 1 nitrogen and oxygen atoms in total. The quantitative estimate of drug-likeness (QED) is 0.831. The molecule has 0 atom stereocenters. The van der Waals surface area contributed by atoms with Gasteiger partial charge in [0.15, 0.2) is 0 Å². The molecule has 1 saturated carbocycles. The predicted octanol–water partition coefficient (Wildman–Crippen LogP) is 4.30. The van der Waals surface area contributed by atoms with Crippen LogP contribution in [0.3, 0.4) is 0 Å². The first-order chi connectivity index (χ1) is 8.93. The standard InChI is InChI=1S/C18H29N/c1-13(2)16-10-18(11-16,12-19-14(3)4)17-8-6-15(5)7-9-17/h6-9,13-14,16,19H,10-12H2,1-5H3. The Morgan fingerprint density at radius 1 is 1.11 bits per heavy atom. The monoisotopic (exact) mass is 259 g/mol. The minimum Gasteiger partial charge on any atom is -0.314 e. The van der Waals surface area contributed by atoms with Crippen LogP contribution in [0.15, 0.2) is 24.3 Å². The van der Waals surface area contributed by atoms with Gasteiger partial charge in [-0.3, -0.25) is 0 Å². The summed E-state index contributed by atoms with van der Waals surface area (Å²) in [6, 6.07) is 9.77. The topological polar surface area (TPSA) is 12.0 Å². The minimum absolute atomic E-state index is 0.382. The van der Waals surface area contributed by atoms with E-state index < -0.39 is 0 Å². The van der Waals surface area contributed by atoms with E-state index in [1.54, 1.807) is 0 Å². The summed E-state index contributed by atoms with van der Waals surface area (Å²) in [5.41, 5.74) is 3.27. The lowest BCUT2D eigenvalue weighted by molar-refractivity contribution is 0.0958. The maximum atomic E-state index is 3.66. The van der Waals surface area contributed by atoms with E-state index in [2.05, 4.69) is 64.2 Å². The van der Waals surface area contributed by atoms with E-state index >= 15 is 0 Å². The van der Waals surface area contributed by atoms with Crippen LogP contribution in [0.2, 0.25) is 0 Å². The summed E-state index contributed by atoms with van der Waals surface area (Å²) in [6.45, 7) is 12.5. The van der Waals surface area contributed by atoms with E-state index in [4.69, 9.17) is 0 Å². The molecule has 0 saturated heterocycles. The zero-order valence-corrected chi connectivity index (χ0v) is 13.2. The van der Waals surface area contributed by atoms with E-state index in [1.165, 1.54) is 24.0 Å². The molecule has 19 heavy (non-hydrogen) atoms. The maximum absolute atomic E-state index is 3.66. The zero-order valence-electron chi connectivity index (χ0n) is 13.2. The SMILES string of the molecule is Cc1ccc(C2(CNC(C)C)CC(C(C)C)C2)cc1. The number of hydrogen-bond donors (Lipinski definition) is 1. The average Bonchev–Trinajstić information content (AvgIpc) is 2.28. The summed E-state index contributed by atoms with van der Waals surface area (Å²) < 4.78 is 0. The highest BCUT2D eigenvalue weighted by molar-refractivity contribution is 5.32. The van der Waals surface area contributed by atoms with Crippen LogP contribution in [0.4, 0.5) is 0 Å². The molecule has 1 N–H and O–H groups in total. The smallest absolute Gasteiger partial charge is 0.00833 e. The third-order valence-electron chi connectivity index (χ3n) is 4.76. The van der Waals surface area contributed by atoms with Crippen molar-refractivity contribution in [2.75, 3.05) is 6.54 Å². The summed E-state index contributed by atoms with van der Waals surface area (Å²) in [5, 5.41) is 3.66. The third kappa shape index (κ3) is 3.20. The molecule has 1 aliphatic carbocycles. The van der Waals surface area contributed by atoms with Gasteiger partial charge in [0.05, 0.1) is 0 Å². The Morgan fingerprint density at radius 3 is 2.16 bits per heavy atom. The minimum atomic E-state index is 0.382. The zero-order chi connectivity index (χ0) is 14.0. The first-order valence-corrected chi connectivity index (χ1v) is 7.73. The van der Waals surface area contributed by atoms with Gasteiger partial charge in [0.1, 0.15) is 0 Å². The summed E-state index contributed by atoms with van der Waals surface area (Å²) in [6.07, 6.45) is 2.68. The van der Waals surface area contributed by atoms with Crippen molar-refractivity contribution in [1.82, 2.24) is 5.32 Å². The third-order valence-corrected chi connectivity index (χ3v) is 4.76. The van der Waals surface area contributed by atoms with Crippen molar-refractivity contribution in [3.05, 3.63) is 35.4 Å². The molecule has 1 aromatic rings. The van der Waals surface area contributed by atoms with Crippen molar-refractivity contribution in [3.8, 4) is 0 Å². The van der Waals surface area contributed by atoms with E-state index in [-0.39, 0.29) is 0 Å². The Balaban J connectivity index is 2.14. The molecule has 0 heterocycles. The second-order valence-corrected chi connectivity index (χ2v) is 7.09. The Kier molecular flexibility index (Phi) is 4.35. The normalized spacial score (nSPS) is 26.8. The van der Waals surface area contributed by atoms with Gasteiger partial charge in [-0.25, -0.2) is 0 Å². The van der Waals surface area contributed by atoms with Crippen LogP contribution < -0.4 is 5.32 Å². The number of nitrogens with one attached hydrogen (secondary N) is 1. The molecule has 2 rings (SSSR count). The van der Waals surface area contributed by atoms with Gasteiger partial charge < -0.3 is 5.32 Å². The molecule has 0 bridgehead atoms. The Hall–Kier alpha value is -0.820. The number of benzene rings is 1. The van der Waals surface area contributed by atoms with Gasteiger partial charge in [0.25, 0.3) is 0 Å². The molecule has 0 aromatic heterocycles. The lowest BCUT2D eigenvalue weighted by Crippen LogP contribution is -2.51. The molecule has 1 heteroatoms. The second kappa shape index (κ2) is 5.66. The van der Waals surface area contributed by atoms with Gasteiger partial charge >= 0.3 is 0 Å². The molecular weight excluding hydrogens is 230 g/mol. The Bertz CT molecular complexity index is 391. The van der Waals surface area contributed by atoms with Crippen LogP contribution in [0, 0.1) is 18.8 Å². The second-order valence-electron chi connectivity index (χ2n) is 7.09. The Morgan fingerprint density at radius 2 is 1.68 bits per heavy atom. The van der Waals surface area contributed by atoms with Crippen molar-refractivity contribution in [1.29, 1.82) is 0 Å². The summed E-state index contributed by atoms with van der Waals surface area (Å²) in [4.78, 5) is 0. The highest BCUT2D eigenvalue weighted by Crippen LogP contribution is 2.50. The largest absolute Gasteiger partial charge is 0.314 e. The van der Waals surface area contributed by atoms with Crippen LogP contribution >= 0.6 is 0 Å². The Labute approximate surface area is 118 Å². The molecule has 0 unspecified atom stereocenters. The van der Waals surface area contributed by atoms with Crippen molar-refractivity contribution < 1.29 is 0 Å². The summed E-state index contributed by atoms with van der Waals surface area (Å²) in [5.74, 6) is 1.72. The summed E-state index contributed by atoms with van der Waals surface area (Å²) >= 11 is 0. The molecule has 1 fully saturated rings. The maximum Gasteiger partial charge on any atom is 0.00833 e. The van der Waals surface area contributed by atoms with Crippen molar-refractivity contribution in [2.24, 2.45) is 11.8 Å². The molecule has 0 amide bonds. The molecule has 0 radical (unpaired) electrons. The average molecular weight is 259 g/mol. The van der Waals surface area contributed by atoms with Gasteiger partial charge in [-0.2, -0.15) is 0 Å². The van der Waals surface area contributed by atoms with Gasteiger partial charge in [-0.15, -0.1) is 0 Å². The van der Waals surface area contributed by atoms with Crippen LogP contribution in [0.5, 0.6) is 0 Å². The lowest BCUT2D eigenvalue weighted by atomic mass is 9.55. The van der Waals surface area contributed by atoms with Crippen LogP contribution in [0.25, 0.3) is 0 Å². The van der Waals surface area contributed by atoms with E-state index in [9.17, 15) is 0 Å². The van der Waals surface area contributed by atoms with Gasteiger partial charge in [-0.05, 0) is 37.2 Å². The molecule has 0 spiro atoms. The molecular formula is C18H29N. The highest BCUT2D eigenvalue weighted by Gasteiger charge is 2.45. The fourth-order valence-corrected chi connectivity index (χ4v) is 3.20. The fourth-order valence-electron chi connectivity index (χ4n) is 3.20. The fraction of sp³-hybridized carbons (Fsp3) is 0.667.